The minimum absolute atomic E-state index is 0.0739. The van der Waals surface area contributed by atoms with Crippen LogP contribution < -0.4 is 5.32 Å². The maximum absolute atomic E-state index is 14.1. The minimum Gasteiger partial charge on any atom is -0.307 e. The molecule has 1 unspecified atom stereocenters. The lowest BCUT2D eigenvalue weighted by Crippen LogP contribution is -2.20. The lowest BCUT2D eigenvalue weighted by molar-refractivity contribution is -0.122. The van der Waals surface area contributed by atoms with Crippen LogP contribution in [0.3, 0.4) is 0 Å². The maximum Gasteiger partial charge on any atom is 0.232 e. The molecular weight excluding hydrogens is 414 g/mol. The summed E-state index contributed by atoms with van der Waals surface area (Å²) >= 11 is 0. The van der Waals surface area contributed by atoms with Gasteiger partial charge in [-0.3, -0.25) is 9.89 Å². The number of halogens is 2. The zero-order valence-electron chi connectivity index (χ0n) is 17.3. The van der Waals surface area contributed by atoms with Gasteiger partial charge in [0, 0.05) is 18.1 Å². The molecule has 0 spiro atoms. The van der Waals surface area contributed by atoms with Gasteiger partial charge >= 0.3 is 0 Å². The zero-order valence-corrected chi connectivity index (χ0v) is 17.3. The van der Waals surface area contributed by atoms with Crippen molar-refractivity contribution in [3.8, 4) is 11.4 Å². The number of aromatic nitrogens is 5. The van der Waals surface area contributed by atoms with Gasteiger partial charge in [-0.05, 0) is 31.4 Å². The van der Waals surface area contributed by atoms with Crippen LogP contribution in [0.5, 0.6) is 0 Å². The van der Waals surface area contributed by atoms with Crippen molar-refractivity contribution >= 4 is 28.5 Å². The van der Waals surface area contributed by atoms with Crippen LogP contribution >= 0.6 is 0 Å². The highest BCUT2D eigenvalue weighted by molar-refractivity contribution is 5.91. The quantitative estimate of drug-likeness (QED) is 0.471. The molecule has 5 rings (SSSR count). The molecule has 4 aromatic rings. The largest absolute Gasteiger partial charge is 0.307 e. The number of H-pyrrole nitrogens is 1. The van der Waals surface area contributed by atoms with Crippen LogP contribution in [-0.4, -0.2) is 30.9 Å². The Morgan fingerprint density at radius 2 is 1.94 bits per heavy atom. The molecule has 0 amide bonds. The Morgan fingerprint density at radius 3 is 2.75 bits per heavy atom. The standard InChI is InChI=1S/C23H20F2N6O/c1-12-6-2-3-7-14(12)20-26-21(15-8-4-5-9-18(15)32)28-23(27-20)29-22-16-10-13(24)11-17(25)19(16)30-31-22/h2-3,6-7,10-11,15H,4-5,8-9H2,1H3,(H2,26,27,28,29,30,31). The smallest absolute Gasteiger partial charge is 0.232 e. The van der Waals surface area contributed by atoms with Crippen LogP contribution in [0.25, 0.3) is 22.3 Å². The summed E-state index contributed by atoms with van der Waals surface area (Å²) < 4.78 is 27.8. The van der Waals surface area contributed by atoms with Crippen LogP contribution in [0.4, 0.5) is 20.5 Å². The van der Waals surface area contributed by atoms with E-state index in [1.54, 1.807) is 0 Å². The van der Waals surface area contributed by atoms with Gasteiger partial charge < -0.3 is 5.32 Å². The number of nitrogens with one attached hydrogen (secondary N) is 2. The third kappa shape index (κ3) is 3.70. The van der Waals surface area contributed by atoms with Gasteiger partial charge in [-0.25, -0.2) is 13.8 Å². The molecule has 1 atom stereocenters. The molecule has 2 heterocycles. The van der Waals surface area contributed by atoms with Gasteiger partial charge in [0.2, 0.25) is 5.95 Å². The van der Waals surface area contributed by atoms with Crippen LogP contribution in [0.15, 0.2) is 36.4 Å². The number of rotatable bonds is 4. The SMILES string of the molecule is Cc1ccccc1-c1nc(Nc2n[nH]c3c(F)cc(F)cc23)nc(C2CCCCC2=O)n1. The number of hydrogen-bond donors (Lipinski definition) is 2. The van der Waals surface area contributed by atoms with Gasteiger partial charge in [-0.1, -0.05) is 30.7 Å². The number of ketones is 1. The molecule has 2 aromatic carbocycles. The number of benzene rings is 2. The van der Waals surface area contributed by atoms with E-state index in [1.807, 2.05) is 31.2 Å². The first-order valence-electron chi connectivity index (χ1n) is 10.4. The van der Waals surface area contributed by atoms with E-state index >= 15 is 0 Å². The normalized spacial score (nSPS) is 16.5. The molecule has 7 nitrogen and oxygen atoms in total. The summed E-state index contributed by atoms with van der Waals surface area (Å²) in [4.78, 5) is 26.2. The number of hydrogen-bond acceptors (Lipinski definition) is 6. The summed E-state index contributed by atoms with van der Waals surface area (Å²) in [6, 6.07) is 9.62. The Bertz CT molecular complexity index is 1340. The van der Waals surface area contributed by atoms with Crippen molar-refractivity contribution < 1.29 is 13.6 Å². The molecule has 1 aliphatic rings. The van der Waals surface area contributed by atoms with E-state index in [4.69, 9.17) is 0 Å². The number of aromatic amines is 1. The Balaban J connectivity index is 1.62. The molecule has 32 heavy (non-hydrogen) atoms. The summed E-state index contributed by atoms with van der Waals surface area (Å²) in [6.45, 7) is 1.95. The van der Waals surface area contributed by atoms with Gasteiger partial charge in [-0.2, -0.15) is 15.1 Å². The van der Waals surface area contributed by atoms with E-state index in [9.17, 15) is 13.6 Å². The Labute approximate surface area is 182 Å². The molecule has 2 N–H and O–H groups in total. The molecule has 1 aliphatic carbocycles. The molecule has 2 aromatic heterocycles. The number of aryl methyl sites for hydroxylation is 1. The van der Waals surface area contributed by atoms with Gasteiger partial charge in [0.25, 0.3) is 0 Å². The first-order chi connectivity index (χ1) is 15.5. The monoisotopic (exact) mass is 434 g/mol. The summed E-state index contributed by atoms with van der Waals surface area (Å²) in [7, 11) is 0. The fourth-order valence-corrected chi connectivity index (χ4v) is 4.05. The van der Waals surface area contributed by atoms with E-state index in [0.717, 1.165) is 30.0 Å². The van der Waals surface area contributed by atoms with Crippen molar-refractivity contribution in [1.29, 1.82) is 0 Å². The summed E-state index contributed by atoms with van der Waals surface area (Å²) in [5, 5.41) is 9.81. The van der Waals surface area contributed by atoms with Crippen molar-refractivity contribution in [1.82, 2.24) is 25.1 Å². The average Bonchev–Trinajstić information content (AvgIpc) is 3.17. The predicted molar refractivity (Wildman–Crippen MR) is 116 cm³/mol. The number of Topliss-reactive ketones (excluding diaryl/α,β-unsaturated/α-hetero) is 1. The number of nitrogens with zero attached hydrogens (tertiary/aromatic N) is 4. The summed E-state index contributed by atoms with van der Waals surface area (Å²) in [5.74, 6) is -0.603. The van der Waals surface area contributed by atoms with E-state index in [0.29, 0.717) is 24.5 Å². The highest BCUT2D eigenvalue weighted by Gasteiger charge is 2.28. The fraction of sp³-hybridized carbons (Fsp3) is 0.261. The van der Waals surface area contributed by atoms with E-state index in [2.05, 4.69) is 30.5 Å². The van der Waals surface area contributed by atoms with Crippen molar-refractivity contribution in [2.45, 2.75) is 38.5 Å². The first-order valence-corrected chi connectivity index (χ1v) is 10.4. The van der Waals surface area contributed by atoms with Crippen molar-refractivity contribution in [3.63, 3.8) is 0 Å². The van der Waals surface area contributed by atoms with E-state index in [-0.39, 0.29) is 28.5 Å². The topological polar surface area (TPSA) is 96.5 Å². The molecule has 0 saturated heterocycles. The Hall–Kier alpha value is -3.75. The van der Waals surface area contributed by atoms with Gasteiger partial charge in [0.15, 0.2) is 17.5 Å². The van der Waals surface area contributed by atoms with Crippen molar-refractivity contribution in [2.75, 3.05) is 5.32 Å². The number of carbonyl (C=O) groups excluding carboxylic acids is 1. The van der Waals surface area contributed by atoms with Gasteiger partial charge in [0.05, 0.1) is 11.3 Å². The summed E-state index contributed by atoms with van der Waals surface area (Å²) in [5.41, 5.74) is 1.86. The van der Waals surface area contributed by atoms with E-state index < -0.39 is 17.6 Å². The second-order valence-electron chi connectivity index (χ2n) is 7.93. The molecule has 1 saturated carbocycles. The zero-order chi connectivity index (χ0) is 22.2. The van der Waals surface area contributed by atoms with Crippen molar-refractivity contribution in [2.24, 2.45) is 0 Å². The molecule has 0 bridgehead atoms. The highest BCUT2D eigenvalue weighted by atomic mass is 19.1. The molecule has 1 fully saturated rings. The third-order valence-electron chi connectivity index (χ3n) is 5.72. The maximum atomic E-state index is 14.1. The summed E-state index contributed by atoms with van der Waals surface area (Å²) in [6.07, 6.45) is 2.97. The lowest BCUT2D eigenvalue weighted by Gasteiger charge is -2.20. The molecule has 0 radical (unpaired) electrons. The Morgan fingerprint density at radius 1 is 1.09 bits per heavy atom. The minimum atomic E-state index is -0.745. The number of fused-ring (bicyclic) bond motifs is 1. The van der Waals surface area contributed by atoms with Crippen LogP contribution in [0.1, 0.15) is 43.0 Å². The molecule has 162 valence electrons. The molecular formula is C23H20F2N6O. The molecule has 9 heteroatoms. The van der Waals surface area contributed by atoms with Gasteiger partial charge in [-0.15, -0.1) is 0 Å². The highest BCUT2D eigenvalue weighted by Crippen LogP contribution is 2.31. The van der Waals surface area contributed by atoms with Crippen LogP contribution in [-0.2, 0) is 4.79 Å². The van der Waals surface area contributed by atoms with Gasteiger partial charge in [0.1, 0.15) is 22.9 Å². The third-order valence-corrected chi connectivity index (χ3v) is 5.72. The van der Waals surface area contributed by atoms with Crippen LogP contribution in [0, 0.1) is 18.6 Å². The lowest BCUT2D eigenvalue weighted by atomic mass is 9.87. The van der Waals surface area contributed by atoms with Crippen LogP contribution in [0.2, 0.25) is 0 Å². The Kier molecular flexibility index (Phi) is 5.08. The number of anilines is 2. The average molecular weight is 434 g/mol. The second kappa shape index (κ2) is 8.07. The van der Waals surface area contributed by atoms with E-state index in [1.165, 1.54) is 6.07 Å². The molecule has 0 aliphatic heterocycles. The fourth-order valence-electron chi connectivity index (χ4n) is 4.05. The van der Waals surface area contributed by atoms with Crippen molar-refractivity contribution in [3.05, 3.63) is 59.4 Å². The number of carbonyl (C=O) groups is 1. The predicted octanol–water partition coefficient (Wildman–Crippen LogP) is 4.97. The second-order valence-corrected chi connectivity index (χ2v) is 7.93. The first kappa shape index (κ1) is 20.2.